The summed E-state index contributed by atoms with van der Waals surface area (Å²) < 4.78 is 13.5. The van der Waals surface area contributed by atoms with Crippen molar-refractivity contribution < 1.29 is 19.1 Å². The molecule has 0 saturated heterocycles. The molecule has 0 radical (unpaired) electrons. The molecule has 0 aliphatic carbocycles. The first-order chi connectivity index (χ1) is 12.0. The first-order valence-electron chi connectivity index (χ1n) is 8.22. The number of aryl methyl sites for hydroxylation is 1. The molecule has 25 heavy (non-hydrogen) atoms. The second kappa shape index (κ2) is 7.01. The fourth-order valence-electron chi connectivity index (χ4n) is 3.34. The van der Waals surface area contributed by atoms with Crippen LogP contribution in [0.4, 0.5) is 4.39 Å². The molecule has 1 aliphatic rings. The largest absolute Gasteiger partial charge is 0.477 e. The average Bonchev–Trinajstić information content (AvgIpc) is 2.60. The number of carbonyl (C=O) groups excluding carboxylic acids is 1. The second-order valence-corrected chi connectivity index (χ2v) is 6.17. The lowest BCUT2D eigenvalue weighted by molar-refractivity contribution is -0.133. The summed E-state index contributed by atoms with van der Waals surface area (Å²) >= 11 is 0. The zero-order chi connectivity index (χ0) is 18.0. The Bertz CT molecular complexity index is 822. The number of hydrogen-bond acceptors (Lipinski definition) is 3. The Morgan fingerprint density at radius 1 is 1.36 bits per heavy atom. The van der Waals surface area contributed by atoms with Gasteiger partial charge in [-0.15, -0.1) is 0 Å². The quantitative estimate of drug-likeness (QED) is 0.927. The number of hydrogen-bond donors (Lipinski definition) is 1. The fraction of sp³-hybridized carbons (Fsp3) is 0.316. The fourth-order valence-corrected chi connectivity index (χ4v) is 3.34. The van der Waals surface area contributed by atoms with Crippen LogP contribution >= 0.6 is 0 Å². The number of carboxylic acid groups (broad SMARTS) is 1. The summed E-state index contributed by atoms with van der Waals surface area (Å²) in [5.74, 6) is -1.47. The van der Waals surface area contributed by atoms with Crippen LogP contribution in [0, 0.1) is 5.82 Å². The molecule has 1 amide bonds. The molecule has 2 aromatic rings. The van der Waals surface area contributed by atoms with Crippen LogP contribution in [0.15, 0.2) is 36.5 Å². The van der Waals surface area contributed by atoms with E-state index in [9.17, 15) is 14.0 Å². The Kier molecular flexibility index (Phi) is 4.79. The number of amides is 1. The molecule has 1 N–H and O–H groups in total. The van der Waals surface area contributed by atoms with Gasteiger partial charge >= 0.3 is 5.97 Å². The van der Waals surface area contributed by atoms with E-state index in [1.807, 2.05) is 6.92 Å². The number of nitrogens with zero attached hydrogens (tertiary/aromatic N) is 2. The van der Waals surface area contributed by atoms with E-state index >= 15 is 0 Å². The van der Waals surface area contributed by atoms with Gasteiger partial charge in [-0.2, -0.15) is 0 Å². The van der Waals surface area contributed by atoms with E-state index in [1.165, 1.54) is 18.3 Å². The normalized spacial score (nSPS) is 16.4. The van der Waals surface area contributed by atoms with Crippen molar-refractivity contribution in [3.63, 3.8) is 0 Å². The highest BCUT2D eigenvalue weighted by Gasteiger charge is 2.27. The van der Waals surface area contributed by atoms with E-state index < -0.39 is 5.97 Å². The van der Waals surface area contributed by atoms with Gasteiger partial charge in [-0.1, -0.05) is 12.1 Å². The summed E-state index contributed by atoms with van der Waals surface area (Å²) in [6.07, 6.45) is 2.63. The number of fused-ring (bicyclic) bond motifs is 1. The first-order valence-corrected chi connectivity index (χ1v) is 8.22. The zero-order valence-corrected chi connectivity index (χ0v) is 13.9. The predicted molar refractivity (Wildman–Crippen MR) is 89.7 cm³/mol. The Hall–Kier alpha value is -2.76. The monoisotopic (exact) mass is 342 g/mol. The van der Waals surface area contributed by atoms with Crippen molar-refractivity contribution in [2.75, 3.05) is 6.54 Å². The smallest absolute Gasteiger partial charge is 0.354 e. The zero-order valence-electron chi connectivity index (χ0n) is 13.9. The summed E-state index contributed by atoms with van der Waals surface area (Å²) in [7, 11) is 0. The van der Waals surface area contributed by atoms with Gasteiger partial charge in [0.15, 0.2) is 5.69 Å². The van der Waals surface area contributed by atoms with Crippen LogP contribution in [0.1, 0.15) is 46.6 Å². The molecule has 0 saturated carbocycles. The molecule has 3 rings (SSSR count). The highest BCUT2D eigenvalue weighted by atomic mass is 19.1. The van der Waals surface area contributed by atoms with Crippen molar-refractivity contribution in [2.45, 2.75) is 32.2 Å². The molecule has 1 atom stereocenters. The lowest BCUT2D eigenvalue weighted by Crippen LogP contribution is -2.39. The van der Waals surface area contributed by atoms with Crippen LogP contribution in [0.2, 0.25) is 0 Å². The maximum absolute atomic E-state index is 13.5. The average molecular weight is 342 g/mol. The minimum atomic E-state index is -1.10. The molecule has 1 aromatic carbocycles. The molecule has 5 nitrogen and oxygen atoms in total. The van der Waals surface area contributed by atoms with E-state index in [-0.39, 0.29) is 29.9 Å². The van der Waals surface area contributed by atoms with Crippen molar-refractivity contribution in [3.8, 4) is 0 Å². The summed E-state index contributed by atoms with van der Waals surface area (Å²) in [6, 6.07) is 7.85. The van der Waals surface area contributed by atoms with Crippen LogP contribution in [-0.4, -0.2) is 33.4 Å². The Morgan fingerprint density at radius 3 is 2.92 bits per heavy atom. The van der Waals surface area contributed by atoms with Crippen LogP contribution in [-0.2, 0) is 17.6 Å². The highest BCUT2D eigenvalue weighted by Crippen LogP contribution is 2.30. The molecule has 1 aliphatic heterocycles. The van der Waals surface area contributed by atoms with E-state index in [0.29, 0.717) is 24.9 Å². The highest BCUT2D eigenvalue weighted by molar-refractivity contribution is 5.87. The number of carboxylic acids is 1. The van der Waals surface area contributed by atoms with E-state index in [0.717, 1.165) is 11.1 Å². The number of pyridine rings is 1. The number of aromatic carboxylic acids is 1. The van der Waals surface area contributed by atoms with Crippen molar-refractivity contribution >= 4 is 11.9 Å². The van der Waals surface area contributed by atoms with Crippen LogP contribution < -0.4 is 0 Å². The van der Waals surface area contributed by atoms with E-state index in [1.54, 1.807) is 23.1 Å². The minimum absolute atomic E-state index is 0.0191. The van der Waals surface area contributed by atoms with E-state index in [4.69, 9.17) is 5.11 Å². The number of benzene rings is 1. The number of halogens is 1. The van der Waals surface area contributed by atoms with Crippen LogP contribution in [0.3, 0.4) is 0 Å². The third kappa shape index (κ3) is 3.52. The molecule has 2 heterocycles. The van der Waals surface area contributed by atoms with Gasteiger partial charge in [0, 0.05) is 19.2 Å². The van der Waals surface area contributed by atoms with Crippen molar-refractivity contribution in [2.24, 2.45) is 0 Å². The minimum Gasteiger partial charge on any atom is -0.477 e. The molecule has 1 aromatic heterocycles. The van der Waals surface area contributed by atoms with Gasteiger partial charge in [0.05, 0.1) is 6.04 Å². The molecule has 0 fully saturated rings. The van der Waals surface area contributed by atoms with Gasteiger partial charge in [0.25, 0.3) is 0 Å². The maximum atomic E-state index is 13.5. The molecule has 130 valence electrons. The maximum Gasteiger partial charge on any atom is 0.354 e. The second-order valence-electron chi connectivity index (χ2n) is 6.17. The SMILES string of the molecule is CC1c2cc(F)ccc2CCN1C(=O)CCc1cccnc1C(=O)O. The predicted octanol–water partition coefficient (Wildman–Crippen LogP) is 3.00. The molecule has 6 heteroatoms. The topological polar surface area (TPSA) is 70.5 Å². The van der Waals surface area contributed by atoms with Gasteiger partial charge < -0.3 is 10.0 Å². The summed E-state index contributed by atoms with van der Waals surface area (Å²) in [5.41, 5.74) is 2.43. The molecular formula is C19H19FN2O3. The summed E-state index contributed by atoms with van der Waals surface area (Å²) in [6.45, 7) is 2.47. The molecule has 0 spiro atoms. The summed E-state index contributed by atoms with van der Waals surface area (Å²) in [4.78, 5) is 29.4. The van der Waals surface area contributed by atoms with E-state index in [2.05, 4.69) is 4.98 Å². The summed E-state index contributed by atoms with van der Waals surface area (Å²) in [5, 5.41) is 9.16. The number of aromatic nitrogens is 1. The third-order valence-corrected chi connectivity index (χ3v) is 4.67. The number of carbonyl (C=O) groups is 2. The van der Waals surface area contributed by atoms with Crippen molar-refractivity contribution in [3.05, 3.63) is 64.7 Å². The Morgan fingerprint density at radius 2 is 2.16 bits per heavy atom. The van der Waals surface area contributed by atoms with Crippen LogP contribution in [0.5, 0.6) is 0 Å². The molecule has 1 unspecified atom stereocenters. The van der Waals surface area contributed by atoms with Gasteiger partial charge in [0.1, 0.15) is 5.82 Å². The van der Waals surface area contributed by atoms with Crippen LogP contribution in [0.25, 0.3) is 0 Å². The Labute approximate surface area is 145 Å². The van der Waals surface area contributed by atoms with Gasteiger partial charge in [-0.05, 0) is 54.7 Å². The van der Waals surface area contributed by atoms with Crippen molar-refractivity contribution in [1.29, 1.82) is 0 Å². The standard InChI is InChI=1S/C19H19FN2O3/c1-12-16-11-15(20)6-4-13(16)8-10-22(12)17(23)7-5-14-3-2-9-21-18(14)19(24)25/h2-4,6,9,11-12H,5,7-8,10H2,1H3,(H,24,25). The Balaban J connectivity index is 1.71. The van der Waals surface area contributed by atoms with Crippen molar-refractivity contribution in [1.82, 2.24) is 9.88 Å². The molecular weight excluding hydrogens is 323 g/mol. The first kappa shape index (κ1) is 17.1. The number of rotatable bonds is 4. The lowest BCUT2D eigenvalue weighted by atomic mass is 9.93. The van der Waals surface area contributed by atoms with Gasteiger partial charge in [0.2, 0.25) is 5.91 Å². The lowest BCUT2D eigenvalue weighted by Gasteiger charge is -2.35. The van der Waals surface area contributed by atoms with Gasteiger partial charge in [-0.3, -0.25) is 4.79 Å². The van der Waals surface area contributed by atoms with Gasteiger partial charge in [-0.25, -0.2) is 14.2 Å². The molecule has 0 bridgehead atoms. The third-order valence-electron chi connectivity index (χ3n) is 4.67.